The van der Waals surface area contributed by atoms with E-state index in [1.807, 2.05) is 65.6 Å². The lowest BCUT2D eigenvalue weighted by Crippen LogP contribution is -2.52. The zero-order valence-electron chi connectivity index (χ0n) is 16.2. The summed E-state index contributed by atoms with van der Waals surface area (Å²) >= 11 is 0. The largest absolute Gasteiger partial charge is 0.368 e. The van der Waals surface area contributed by atoms with Gasteiger partial charge in [0.1, 0.15) is 5.82 Å². The summed E-state index contributed by atoms with van der Waals surface area (Å²) in [6.45, 7) is 2.69. The van der Waals surface area contributed by atoms with Crippen molar-refractivity contribution in [3.8, 4) is 0 Å². The molecular weight excluding hydrogens is 365 g/mol. The van der Waals surface area contributed by atoms with E-state index in [1.54, 1.807) is 12.1 Å². The highest BCUT2D eigenvalue weighted by atomic mass is 19.1. The van der Waals surface area contributed by atoms with Gasteiger partial charge in [-0.05, 0) is 35.4 Å². The predicted molar refractivity (Wildman–Crippen MR) is 113 cm³/mol. The van der Waals surface area contributed by atoms with E-state index in [9.17, 15) is 9.18 Å². The molecule has 2 amide bonds. The van der Waals surface area contributed by atoms with Crippen LogP contribution in [-0.2, 0) is 0 Å². The number of benzene rings is 3. The second-order valence-corrected chi connectivity index (χ2v) is 7.15. The van der Waals surface area contributed by atoms with Crippen LogP contribution in [0.15, 0.2) is 84.9 Å². The maximum atomic E-state index is 13.1. The highest BCUT2D eigenvalue weighted by Gasteiger charge is 2.24. The van der Waals surface area contributed by atoms with Crippen molar-refractivity contribution in [2.75, 3.05) is 31.1 Å². The number of nitrogens with one attached hydrogen (secondary N) is 1. The molecule has 0 atom stereocenters. The Morgan fingerprint density at radius 3 is 1.79 bits per heavy atom. The lowest BCUT2D eigenvalue weighted by molar-refractivity contribution is 0.192. The first-order valence-corrected chi connectivity index (χ1v) is 9.86. The van der Waals surface area contributed by atoms with E-state index in [4.69, 9.17) is 0 Å². The fraction of sp³-hybridized carbons (Fsp3) is 0.208. The summed E-state index contributed by atoms with van der Waals surface area (Å²) < 4.78 is 13.1. The molecule has 148 valence electrons. The van der Waals surface area contributed by atoms with E-state index in [1.165, 1.54) is 12.1 Å². The number of urea groups is 1. The topological polar surface area (TPSA) is 35.6 Å². The van der Waals surface area contributed by atoms with Crippen molar-refractivity contribution in [3.05, 3.63) is 102 Å². The monoisotopic (exact) mass is 389 g/mol. The number of hydrogen-bond acceptors (Lipinski definition) is 2. The first-order chi connectivity index (χ1) is 14.2. The molecule has 1 heterocycles. The number of rotatable bonds is 4. The van der Waals surface area contributed by atoms with Crippen LogP contribution >= 0.6 is 0 Å². The number of hydrogen-bond donors (Lipinski definition) is 1. The molecule has 4 rings (SSSR count). The molecule has 0 radical (unpaired) electrons. The third kappa shape index (κ3) is 4.57. The van der Waals surface area contributed by atoms with Crippen LogP contribution in [0.1, 0.15) is 17.2 Å². The molecule has 0 aliphatic carbocycles. The molecule has 3 aromatic carbocycles. The fourth-order valence-electron chi connectivity index (χ4n) is 3.68. The average molecular weight is 389 g/mol. The molecule has 5 heteroatoms. The number of piperazine rings is 1. The number of carbonyl (C=O) groups excluding carboxylic acids is 1. The summed E-state index contributed by atoms with van der Waals surface area (Å²) in [5.41, 5.74) is 3.09. The summed E-state index contributed by atoms with van der Waals surface area (Å²) in [4.78, 5) is 17.0. The molecular formula is C24H24FN3O. The maximum Gasteiger partial charge on any atom is 0.318 e. The van der Waals surface area contributed by atoms with Crippen LogP contribution in [0.2, 0.25) is 0 Å². The minimum atomic E-state index is -0.236. The quantitative estimate of drug-likeness (QED) is 0.716. The van der Waals surface area contributed by atoms with Crippen LogP contribution in [-0.4, -0.2) is 37.1 Å². The third-order valence-electron chi connectivity index (χ3n) is 5.29. The molecule has 0 bridgehead atoms. The van der Waals surface area contributed by atoms with Gasteiger partial charge in [0, 0.05) is 31.9 Å². The van der Waals surface area contributed by atoms with Crippen molar-refractivity contribution in [2.24, 2.45) is 0 Å². The molecule has 1 aliphatic rings. The molecule has 3 aromatic rings. The minimum absolute atomic E-state index is 0.0681. The zero-order valence-corrected chi connectivity index (χ0v) is 16.2. The van der Waals surface area contributed by atoms with Gasteiger partial charge in [-0.1, -0.05) is 60.7 Å². The summed E-state index contributed by atoms with van der Waals surface area (Å²) in [6, 6.07) is 26.3. The van der Waals surface area contributed by atoms with Gasteiger partial charge in [-0.2, -0.15) is 0 Å². The minimum Gasteiger partial charge on any atom is -0.368 e. The number of nitrogens with zero attached hydrogens (tertiary/aromatic N) is 2. The van der Waals surface area contributed by atoms with Crippen LogP contribution in [0.5, 0.6) is 0 Å². The lowest BCUT2D eigenvalue weighted by atomic mass is 9.99. The summed E-state index contributed by atoms with van der Waals surface area (Å²) in [7, 11) is 0. The normalized spacial score (nSPS) is 14.1. The highest BCUT2D eigenvalue weighted by molar-refractivity contribution is 5.75. The van der Waals surface area contributed by atoms with Gasteiger partial charge in [0.2, 0.25) is 0 Å². The van der Waals surface area contributed by atoms with Gasteiger partial charge in [-0.3, -0.25) is 0 Å². The van der Waals surface area contributed by atoms with Crippen LogP contribution < -0.4 is 10.2 Å². The van der Waals surface area contributed by atoms with Gasteiger partial charge < -0.3 is 15.1 Å². The molecule has 4 nitrogen and oxygen atoms in total. The Balaban J connectivity index is 1.43. The number of amides is 2. The van der Waals surface area contributed by atoms with Crippen LogP contribution in [0.4, 0.5) is 14.9 Å². The molecule has 1 N–H and O–H groups in total. The molecule has 0 spiro atoms. The molecule has 0 unspecified atom stereocenters. The van der Waals surface area contributed by atoms with Gasteiger partial charge in [-0.25, -0.2) is 9.18 Å². The standard InChI is InChI=1S/C24H24FN3O/c25-21-11-13-22(14-12-21)27-15-17-28(18-16-27)24(29)26-23(19-7-3-1-4-8-19)20-9-5-2-6-10-20/h1-14,23H,15-18H2,(H,26,29). The Bertz CT molecular complexity index is 884. The summed E-state index contributed by atoms with van der Waals surface area (Å²) in [6.07, 6.45) is 0. The Kier molecular flexibility index (Phi) is 5.75. The molecule has 0 saturated carbocycles. The second-order valence-electron chi connectivity index (χ2n) is 7.15. The van der Waals surface area contributed by atoms with Crippen LogP contribution in [0.3, 0.4) is 0 Å². The fourth-order valence-corrected chi connectivity index (χ4v) is 3.68. The Morgan fingerprint density at radius 2 is 1.28 bits per heavy atom. The number of carbonyl (C=O) groups is 1. The Labute approximate surface area is 170 Å². The van der Waals surface area contributed by atoms with E-state index >= 15 is 0 Å². The maximum absolute atomic E-state index is 13.1. The van der Waals surface area contributed by atoms with E-state index < -0.39 is 0 Å². The van der Waals surface area contributed by atoms with Gasteiger partial charge in [0.25, 0.3) is 0 Å². The molecule has 1 aliphatic heterocycles. The third-order valence-corrected chi connectivity index (χ3v) is 5.29. The van der Waals surface area contributed by atoms with Gasteiger partial charge in [-0.15, -0.1) is 0 Å². The van der Waals surface area contributed by atoms with Gasteiger partial charge in [0.05, 0.1) is 6.04 Å². The smallest absolute Gasteiger partial charge is 0.318 e. The van der Waals surface area contributed by atoms with Crippen molar-refractivity contribution < 1.29 is 9.18 Å². The van der Waals surface area contributed by atoms with E-state index in [0.717, 1.165) is 29.9 Å². The zero-order chi connectivity index (χ0) is 20.1. The molecule has 1 fully saturated rings. The number of anilines is 1. The van der Waals surface area contributed by atoms with E-state index in [-0.39, 0.29) is 17.9 Å². The highest BCUT2D eigenvalue weighted by Crippen LogP contribution is 2.23. The predicted octanol–water partition coefficient (Wildman–Crippen LogP) is 4.45. The van der Waals surface area contributed by atoms with E-state index in [2.05, 4.69) is 10.2 Å². The molecule has 0 aromatic heterocycles. The Morgan fingerprint density at radius 1 is 0.759 bits per heavy atom. The first-order valence-electron chi connectivity index (χ1n) is 9.86. The van der Waals surface area contributed by atoms with Crippen molar-refractivity contribution in [1.29, 1.82) is 0 Å². The van der Waals surface area contributed by atoms with Gasteiger partial charge >= 0.3 is 6.03 Å². The van der Waals surface area contributed by atoms with Crippen molar-refractivity contribution in [3.63, 3.8) is 0 Å². The van der Waals surface area contributed by atoms with Gasteiger partial charge in [0.15, 0.2) is 0 Å². The van der Waals surface area contributed by atoms with Crippen LogP contribution in [0, 0.1) is 5.82 Å². The summed E-state index contributed by atoms with van der Waals surface area (Å²) in [5, 5.41) is 3.20. The first kappa shape index (κ1) is 19.0. The van der Waals surface area contributed by atoms with Crippen molar-refractivity contribution >= 4 is 11.7 Å². The lowest BCUT2D eigenvalue weighted by Gasteiger charge is -2.37. The Hall–Kier alpha value is -3.34. The number of halogens is 1. The molecule has 29 heavy (non-hydrogen) atoms. The SMILES string of the molecule is O=C(NC(c1ccccc1)c1ccccc1)N1CCN(c2ccc(F)cc2)CC1. The van der Waals surface area contributed by atoms with E-state index in [0.29, 0.717) is 13.1 Å². The van der Waals surface area contributed by atoms with Crippen molar-refractivity contribution in [2.45, 2.75) is 6.04 Å². The summed E-state index contributed by atoms with van der Waals surface area (Å²) in [5.74, 6) is -0.236. The van der Waals surface area contributed by atoms with Crippen molar-refractivity contribution in [1.82, 2.24) is 10.2 Å². The average Bonchev–Trinajstić information content (AvgIpc) is 2.79. The van der Waals surface area contributed by atoms with Crippen LogP contribution in [0.25, 0.3) is 0 Å². The second kappa shape index (κ2) is 8.78. The molecule has 1 saturated heterocycles.